The van der Waals surface area contributed by atoms with Crippen molar-refractivity contribution in [2.24, 2.45) is 0 Å². The SMILES string of the molecule is O=C(Cc1ccccc1)Nc1ccc(-c2cnc(C3CN(C(=O)c4ccc(NC(=O)[C@@H]5CCCN5)s4)C3)s2)cc1. The van der Waals surface area contributed by atoms with Crippen LogP contribution in [0, 0.1) is 0 Å². The van der Waals surface area contributed by atoms with E-state index in [1.165, 1.54) is 11.3 Å². The molecular weight excluding hydrogens is 542 g/mol. The van der Waals surface area contributed by atoms with E-state index in [2.05, 4.69) is 20.9 Å². The number of nitrogens with one attached hydrogen (secondary N) is 3. The Balaban J connectivity index is 0.996. The van der Waals surface area contributed by atoms with Crippen LogP contribution in [0.1, 0.15) is 39.0 Å². The summed E-state index contributed by atoms with van der Waals surface area (Å²) >= 11 is 2.96. The van der Waals surface area contributed by atoms with E-state index in [0.29, 0.717) is 29.4 Å². The van der Waals surface area contributed by atoms with Crippen LogP contribution in [0.5, 0.6) is 0 Å². The zero-order chi connectivity index (χ0) is 27.5. The number of carbonyl (C=O) groups excluding carboxylic acids is 3. The van der Waals surface area contributed by atoms with Gasteiger partial charge in [-0.15, -0.1) is 22.7 Å². The summed E-state index contributed by atoms with van der Waals surface area (Å²) in [5, 5.41) is 10.8. The molecule has 2 aliphatic rings. The average molecular weight is 572 g/mol. The Morgan fingerprint density at radius 1 is 0.950 bits per heavy atom. The van der Waals surface area contributed by atoms with Crippen LogP contribution in [0.3, 0.4) is 0 Å². The van der Waals surface area contributed by atoms with Gasteiger partial charge in [-0.05, 0) is 54.8 Å². The fraction of sp³-hybridized carbons (Fsp3) is 0.267. The first-order chi connectivity index (χ1) is 19.5. The van der Waals surface area contributed by atoms with Crippen molar-refractivity contribution in [3.63, 3.8) is 0 Å². The third kappa shape index (κ3) is 5.99. The van der Waals surface area contributed by atoms with Crippen LogP contribution in [0.15, 0.2) is 72.9 Å². The van der Waals surface area contributed by atoms with Crippen LogP contribution in [0.2, 0.25) is 0 Å². The van der Waals surface area contributed by atoms with Crippen LogP contribution >= 0.6 is 22.7 Å². The topological polar surface area (TPSA) is 103 Å². The largest absolute Gasteiger partial charge is 0.336 e. The van der Waals surface area contributed by atoms with E-state index in [0.717, 1.165) is 46.1 Å². The summed E-state index contributed by atoms with van der Waals surface area (Å²) in [6.07, 6.45) is 4.06. The van der Waals surface area contributed by atoms with Gasteiger partial charge in [-0.2, -0.15) is 0 Å². The van der Waals surface area contributed by atoms with E-state index in [1.807, 2.05) is 65.7 Å². The minimum atomic E-state index is -0.149. The lowest BCUT2D eigenvalue weighted by atomic mass is 10.0. The first-order valence-corrected chi connectivity index (χ1v) is 15.0. The Morgan fingerprint density at radius 2 is 1.75 bits per heavy atom. The molecule has 0 saturated carbocycles. The van der Waals surface area contributed by atoms with Crippen LogP contribution in [-0.4, -0.2) is 53.3 Å². The lowest BCUT2D eigenvalue weighted by molar-refractivity contribution is -0.118. The van der Waals surface area contributed by atoms with Crippen LogP contribution < -0.4 is 16.0 Å². The van der Waals surface area contributed by atoms with Gasteiger partial charge in [0.2, 0.25) is 11.8 Å². The smallest absolute Gasteiger partial charge is 0.264 e. The maximum absolute atomic E-state index is 13.0. The van der Waals surface area contributed by atoms with Gasteiger partial charge in [0.15, 0.2) is 0 Å². The van der Waals surface area contributed by atoms with Gasteiger partial charge in [0.25, 0.3) is 5.91 Å². The summed E-state index contributed by atoms with van der Waals surface area (Å²) in [5.74, 6) is 0.117. The molecule has 6 rings (SSSR count). The second-order valence-corrected chi connectivity index (χ2v) is 12.2. The van der Waals surface area contributed by atoms with Gasteiger partial charge in [-0.1, -0.05) is 42.5 Å². The zero-order valence-electron chi connectivity index (χ0n) is 21.8. The number of thiophene rings is 1. The molecule has 40 heavy (non-hydrogen) atoms. The van der Waals surface area contributed by atoms with Gasteiger partial charge < -0.3 is 20.9 Å². The molecule has 4 aromatic rings. The van der Waals surface area contributed by atoms with Gasteiger partial charge in [0, 0.05) is 30.9 Å². The normalized spacial score (nSPS) is 16.9. The quantitative estimate of drug-likeness (QED) is 0.277. The Kier molecular flexibility index (Phi) is 7.72. The van der Waals surface area contributed by atoms with E-state index < -0.39 is 0 Å². The number of anilines is 2. The number of rotatable bonds is 8. The highest BCUT2D eigenvalue weighted by molar-refractivity contribution is 7.18. The van der Waals surface area contributed by atoms with Crippen LogP contribution in [0.4, 0.5) is 10.7 Å². The second-order valence-electron chi connectivity index (χ2n) is 10.1. The Hall–Kier alpha value is -3.86. The molecule has 3 amide bonds. The number of nitrogens with zero attached hydrogens (tertiary/aromatic N) is 2. The van der Waals surface area contributed by atoms with Gasteiger partial charge in [-0.3, -0.25) is 14.4 Å². The third-order valence-corrected chi connectivity index (χ3v) is 9.34. The third-order valence-electron chi connectivity index (χ3n) is 7.14. The van der Waals surface area contributed by atoms with E-state index >= 15 is 0 Å². The molecule has 4 heterocycles. The second kappa shape index (κ2) is 11.7. The van der Waals surface area contributed by atoms with Gasteiger partial charge in [-0.25, -0.2) is 4.98 Å². The van der Waals surface area contributed by atoms with Crippen molar-refractivity contribution in [1.82, 2.24) is 15.2 Å². The van der Waals surface area contributed by atoms with Crippen molar-refractivity contribution >= 4 is 51.1 Å². The van der Waals surface area contributed by atoms with E-state index in [1.54, 1.807) is 23.5 Å². The fourth-order valence-corrected chi connectivity index (χ4v) is 6.79. The van der Waals surface area contributed by atoms with Crippen molar-refractivity contribution in [3.05, 3.63) is 88.4 Å². The Bertz CT molecular complexity index is 1500. The molecule has 2 aromatic heterocycles. The monoisotopic (exact) mass is 571 g/mol. The van der Waals surface area contributed by atoms with Gasteiger partial charge in [0.1, 0.15) is 0 Å². The van der Waals surface area contributed by atoms with Crippen molar-refractivity contribution in [2.75, 3.05) is 30.3 Å². The number of amides is 3. The molecule has 2 aromatic carbocycles. The van der Waals surface area contributed by atoms with Crippen molar-refractivity contribution in [1.29, 1.82) is 0 Å². The van der Waals surface area contributed by atoms with Crippen molar-refractivity contribution in [2.45, 2.75) is 31.2 Å². The summed E-state index contributed by atoms with van der Waals surface area (Å²) in [6.45, 7) is 2.12. The number of benzene rings is 2. The molecule has 0 radical (unpaired) electrons. The number of thiazole rings is 1. The molecule has 2 saturated heterocycles. The molecule has 0 bridgehead atoms. The molecule has 204 valence electrons. The predicted octanol–water partition coefficient (Wildman–Crippen LogP) is 4.98. The Labute approximate surface area is 240 Å². The molecule has 0 spiro atoms. The summed E-state index contributed by atoms with van der Waals surface area (Å²) in [5.41, 5.74) is 2.78. The molecule has 2 aliphatic heterocycles. The summed E-state index contributed by atoms with van der Waals surface area (Å²) < 4.78 is 0. The van der Waals surface area contributed by atoms with Gasteiger partial charge in [0.05, 0.1) is 32.2 Å². The number of hydrogen-bond donors (Lipinski definition) is 3. The van der Waals surface area contributed by atoms with E-state index in [-0.39, 0.29) is 29.7 Å². The predicted molar refractivity (Wildman–Crippen MR) is 159 cm³/mol. The summed E-state index contributed by atoms with van der Waals surface area (Å²) in [4.78, 5) is 45.8. The lowest BCUT2D eigenvalue weighted by Crippen LogP contribution is -2.48. The lowest BCUT2D eigenvalue weighted by Gasteiger charge is -2.37. The number of likely N-dealkylation sites (tertiary alicyclic amines) is 1. The molecule has 0 unspecified atom stereocenters. The maximum Gasteiger partial charge on any atom is 0.264 e. The molecule has 1 atom stereocenters. The number of carbonyl (C=O) groups is 3. The molecule has 8 nitrogen and oxygen atoms in total. The molecule has 2 fully saturated rings. The molecule has 10 heteroatoms. The first kappa shape index (κ1) is 26.4. The summed E-state index contributed by atoms with van der Waals surface area (Å²) in [6, 6.07) is 20.9. The highest BCUT2D eigenvalue weighted by atomic mass is 32.1. The minimum absolute atomic E-state index is 0.0116. The van der Waals surface area contributed by atoms with Crippen molar-refractivity contribution in [3.8, 4) is 10.4 Å². The average Bonchev–Trinajstić information content (AvgIpc) is 3.71. The van der Waals surface area contributed by atoms with Crippen LogP contribution in [0.25, 0.3) is 10.4 Å². The summed E-state index contributed by atoms with van der Waals surface area (Å²) in [7, 11) is 0. The number of aromatic nitrogens is 1. The Morgan fingerprint density at radius 3 is 2.50 bits per heavy atom. The van der Waals surface area contributed by atoms with E-state index in [9.17, 15) is 14.4 Å². The molecule has 0 aliphatic carbocycles. The highest BCUT2D eigenvalue weighted by Gasteiger charge is 2.35. The fourth-order valence-electron chi connectivity index (χ4n) is 4.91. The standard InChI is InChI=1S/C30H29N5O3S2/c36-26(15-19-5-2-1-3-6-19)33-22-10-8-20(9-11-22)25-16-32-29(40-25)21-17-35(18-21)30(38)24-12-13-27(39-24)34-28(37)23-7-4-14-31-23/h1-3,5-6,8-13,16,21,23,31H,4,7,14-15,17-18H2,(H,33,36)(H,34,37)/t23-/m0/s1. The number of hydrogen-bond acceptors (Lipinski definition) is 7. The highest BCUT2D eigenvalue weighted by Crippen LogP contribution is 2.36. The van der Waals surface area contributed by atoms with E-state index in [4.69, 9.17) is 0 Å². The molecule has 3 N–H and O–H groups in total. The zero-order valence-corrected chi connectivity index (χ0v) is 23.4. The maximum atomic E-state index is 13.0. The van der Waals surface area contributed by atoms with Crippen LogP contribution in [-0.2, 0) is 16.0 Å². The van der Waals surface area contributed by atoms with Gasteiger partial charge >= 0.3 is 0 Å². The molecular formula is C30H29N5O3S2. The first-order valence-electron chi connectivity index (χ1n) is 13.3. The van der Waals surface area contributed by atoms with Crippen molar-refractivity contribution < 1.29 is 14.4 Å². The minimum Gasteiger partial charge on any atom is -0.336 e.